The highest BCUT2D eigenvalue weighted by atomic mass is 79.9. The van der Waals surface area contributed by atoms with Crippen molar-refractivity contribution in [3.05, 3.63) is 27.7 Å². The average Bonchev–Trinajstić information content (AvgIpc) is 2.43. The molecule has 0 saturated carbocycles. The van der Waals surface area contributed by atoms with E-state index in [2.05, 4.69) is 36.3 Å². The van der Waals surface area contributed by atoms with Gasteiger partial charge < -0.3 is 9.47 Å². The van der Waals surface area contributed by atoms with E-state index in [1.165, 1.54) is 0 Å². The Bertz CT molecular complexity index is 613. The van der Waals surface area contributed by atoms with Gasteiger partial charge in [0.15, 0.2) is 5.75 Å². The van der Waals surface area contributed by atoms with Crippen molar-refractivity contribution in [1.29, 1.82) is 0 Å². The molecule has 2 rings (SSSR count). The zero-order valence-corrected chi connectivity index (χ0v) is 12.8. The Morgan fingerprint density at radius 3 is 2.75 bits per heavy atom. The molecule has 0 saturated heterocycles. The van der Waals surface area contributed by atoms with E-state index in [-0.39, 0.29) is 18.0 Å². The number of nitrogens with one attached hydrogen (secondary N) is 1. The van der Waals surface area contributed by atoms with Gasteiger partial charge in [-0.3, -0.25) is 5.43 Å². The Balaban J connectivity index is 2.32. The number of anilines is 1. The lowest BCUT2D eigenvalue weighted by molar-refractivity contribution is 0.304. The predicted octanol–water partition coefficient (Wildman–Crippen LogP) is 2.76. The number of hydrogen-bond acceptors (Lipinski definition) is 7. The van der Waals surface area contributed by atoms with Crippen LogP contribution in [0.5, 0.6) is 17.8 Å². The number of hydrogen-bond donors (Lipinski definition) is 2. The van der Waals surface area contributed by atoms with Crippen molar-refractivity contribution >= 4 is 33.5 Å². The van der Waals surface area contributed by atoms with Crippen LogP contribution in [0.3, 0.4) is 0 Å². The first kappa shape index (κ1) is 14.8. The molecular weight excluding hydrogens is 350 g/mol. The number of ether oxygens (including phenoxy) is 2. The molecule has 0 bridgehead atoms. The van der Waals surface area contributed by atoms with Gasteiger partial charge in [0.25, 0.3) is 0 Å². The van der Waals surface area contributed by atoms with Crippen molar-refractivity contribution in [3.63, 3.8) is 0 Å². The van der Waals surface area contributed by atoms with Gasteiger partial charge in [0.2, 0.25) is 5.95 Å². The van der Waals surface area contributed by atoms with E-state index in [9.17, 15) is 0 Å². The second kappa shape index (κ2) is 6.69. The van der Waals surface area contributed by atoms with E-state index in [4.69, 9.17) is 26.9 Å². The first-order valence-corrected chi connectivity index (χ1v) is 6.78. The number of nitrogens with zero attached hydrogens (tertiary/aromatic N) is 3. The number of benzene rings is 1. The first-order chi connectivity index (χ1) is 9.62. The summed E-state index contributed by atoms with van der Waals surface area (Å²) in [4.78, 5) is 11.9. The Labute approximate surface area is 128 Å². The minimum Gasteiger partial charge on any atom is -0.464 e. The van der Waals surface area contributed by atoms with Crippen molar-refractivity contribution in [2.75, 3.05) is 12.0 Å². The van der Waals surface area contributed by atoms with Crippen LogP contribution in [-0.2, 0) is 0 Å². The largest absolute Gasteiger partial charge is 0.464 e. The third kappa shape index (κ3) is 3.69. The standard InChI is InChI=1S/C11H11BrClN5O2/c1-2-19-10-15-9(18-14)16-11(17-10)20-8-5-6(12)3-4-7(8)13/h3-5H,2,14H2,1H3,(H,15,16,17,18). The summed E-state index contributed by atoms with van der Waals surface area (Å²) in [6.45, 7) is 2.22. The number of rotatable bonds is 5. The van der Waals surface area contributed by atoms with Gasteiger partial charge in [0, 0.05) is 4.47 Å². The number of nitrogen functional groups attached to an aromatic ring is 1. The molecule has 0 amide bonds. The highest BCUT2D eigenvalue weighted by Crippen LogP contribution is 2.31. The number of aromatic nitrogens is 3. The summed E-state index contributed by atoms with van der Waals surface area (Å²) in [5, 5.41) is 0.425. The Morgan fingerprint density at radius 2 is 2.05 bits per heavy atom. The Hall–Kier alpha value is -1.64. The van der Waals surface area contributed by atoms with Gasteiger partial charge in [0.05, 0.1) is 11.6 Å². The van der Waals surface area contributed by atoms with Gasteiger partial charge in [-0.2, -0.15) is 9.97 Å². The molecule has 0 radical (unpaired) electrons. The molecule has 0 atom stereocenters. The topological polar surface area (TPSA) is 95.2 Å². The third-order valence-electron chi connectivity index (χ3n) is 2.09. The maximum atomic E-state index is 6.03. The fourth-order valence-corrected chi connectivity index (χ4v) is 1.79. The lowest BCUT2D eigenvalue weighted by Gasteiger charge is -2.09. The van der Waals surface area contributed by atoms with E-state index >= 15 is 0 Å². The van der Waals surface area contributed by atoms with Crippen molar-refractivity contribution in [3.8, 4) is 17.8 Å². The summed E-state index contributed by atoms with van der Waals surface area (Å²) < 4.78 is 11.5. The van der Waals surface area contributed by atoms with Gasteiger partial charge in [0.1, 0.15) is 0 Å². The molecule has 0 aliphatic heterocycles. The zero-order chi connectivity index (χ0) is 14.5. The predicted molar refractivity (Wildman–Crippen MR) is 78.0 cm³/mol. The molecule has 0 fully saturated rings. The highest BCUT2D eigenvalue weighted by Gasteiger charge is 2.11. The van der Waals surface area contributed by atoms with E-state index in [1.54, 1.807) is 18.2 Å². The summed E-state index contributed by atoms with van der Waals surface area (Å²) in [6, 6.07) is 5.31. The molecule has 0 unspecified atom stereocenters. The minimum absolute atomic E-state index is 0.0244. The molecular formula is C11H11BrClN5O2. The van der Waals surface area contributed by atoms with Crippen LogP contribution in [0.25, 0.3) is 0 Å². The fourth-order valence-electron chi connectivity index (χ4n) is 1.30. The van der Waals surface area contributed by atoms with Crippen LogP contribution >= 0.6 is 27.5 Å². The fraction of sp³-hybridized carbons (Fsp3) is 0.182. The maximum Gasteiger partial charge on any atom is 0.330 e. The first-order valence-electron chi connectivity index (χ1n) is 5.60. The van der Waals surface area contributed by atoms with Gasteiger partial charge in [-0.15, -0.1) is 4.98 Å². The van der Waals surface area contributed by atoms with Gasteiger partial charge >= 0.3 is 12.0 Å². The van der Waals surface area contributed by atoms with Crippen LogP contribution in [0.4, 0.5) is 5.95 Å². The van der Waals surface area contributed by atoms with Crippen LogP contribution in [0.2, 0.25) is 5.02 Å². The van der Waals surface area contributed by atoms with Crippen LogP contribution in [0, 0.1) is 0 Å². The molecule has 1 aromatic heterocycles. The summed E-state index contributed by atoms with van der Waals surface area (Å²) >= 11 is 9.36. The van der Waals surface area contributed by atoms with Crippen LogP contribution in [0.15, 0.2) is 22.7 Å². The minimum atomic E-state index is 0.0244. The van der Waals surface area contributed by atoms with E-state index in [1.807, 2.05) is 6.92 Å². The molecule has 0 aliphatic carbocycles. The van der Waals surface area contributed by atoms with Crippen LogP contribution < -0.4 is 20.7 Å². The third-order valence-corrected chi connectivity index (χ3v) is 2.90. The van der Waals surface area contributed by atoms with E-state index in [0.29, 0.717) is 17.4 Å². The monoisotopic (exact) mass is 359 g/mol. The van der Waals surface area contributed by atoms with Crippen molar-refractivity contribution in [1.82, 2.24) is 15.0 Å². The molecule has 3 N–H and O–H groups in total. The van der Waals surface area contributed by atoms with Gasteiger partial charge in [-0.1, -0.05) is 27.5 Å². The second-order valence-electron chi connectivity index (χ2n) is 3.48. The molecule has 1 aromatic carbocycles. The second-order valence-corrected chi connectivity index (χ2v) is 4.80. The van der Waals surface area contributed by atoms with Gasteiger partial charge in [-0.25, -0.2) is 5.84 Å². The Morgan fingerprint density at radius 1 is 1.30 bits per heavy atom. The van der Waals surface area contributed by atoms with Crippen LogP contribution in [0.1, 0.15) is 6.92 Å². The molecule has 1 heterocycles. The summed E-state index contributed by atoms with van der Waals surface area (Å²) in [7, 11) is 0. The molecule has 2 aromatic rings. The zero-order valence-electron chi connectivity index (χ0n) is 10.4. The molecule has 106 valence electrons. The lowest BCUT2D eigenvalue weighted by Crippen LogP contribution is -2.12. The normalized spacial score (nSPS) is 10.2. The van der Waals surface area contributed by atoms with Crippen molar-refractivity contribution in [2.45, 2.75) is 6.92 Å². The van der Waals surface area contributed by atoms with Crippen molar-refractivity contribution < 1.29 is 9.47 Å². The number of hydrazine groups is 1. The smallest absolute Gasteiger partial charge is 0.330 e. The van der Waals surface area contributed by atoms with E-state index in [0.717, 1.165) is 4.47 Å². The number of nitrogens with two attached hydrogens (primary N) is 1. The quantitative estimate of drug-likeness (QED) is 0.625. The molecule has 0 spiro atoms. The molecule has 9 heteroatoms. The van der Waals surface area contributed by atoms with Crippen molar-refractivity contribution in [2.24, 2.45) is 5.84 Å². The molecule has 0 aliphatic rings. The summed E-state index contributed by atoms with van der Waals surface area (Å²) in [5.41, 5.74) is 2.31. The summed E-state index contributed by atoms with van der Waals surface area (Å²) in [6.07, 6.45) is 0. The maximum absolute atomic E-state index is 6.03. The molecule has 20 heavy (non-hydrogen) atoms. The number of halogens is 2. The summed E-state index contributed by atoms with van der Waals surface area (Å²) in [5.74, 6) is 5.81. The Kier molecular flexibility index (Phi) is 4.94. The SMILES string of the molecule is CCOc1nc(NN)nc(Oc2cc(Br)ccc2Cl)n1. The van der Waals surface area contributed by atoms with Gasteiger partial charge in [-0.05, 0) is 25.1 Å². The highest BCUT2D eigenvalue weighted by molar-refractivity contribution is 9.10. The molecule has 7 nitrogen and oxygen atoms in total. The van der Waals surface area contributed by atoms with Crippen LogP contribution in [-0.4, -0.2) is 21.6 Å². The average molecular weight is 361 g/mol. The lowest BCUT2D eigenvalue weighted by atomic mass is 10.3. The van der Waals surface area contributed by atoms with E-state index < -0.39 is 0 Å².